The Morgan fingerprint density at radius 3 is 2.76 bits per heavy atom. The fourth-order valence-electron chi connectivity index (χ4n) is 3.46. The Morgan fingerprint density at radius 1 is 1.24 bits per heavy atom. The van der Waals surface area contributed by atoms with E-state index in [4.69, 9.17) is 9.47 Å². The van der Waals surface area contributed by atoms with Crippen LogP contribution in [0.1, 0.15) is 38.2 Å². The van der Waals surface area contributed by atoms with Crippen molar-refractivity contribution in [1.29, 1.82) is 0 Å². The summed E-state index contributed by atoms with van der Waals surface area (Å²) in [5, 5.41) is 3.55. The van der Waals surface area contributed by atoms with E-state index in [2.05, 4.69) is 36.5 Å². The van der Waals surface area contributed by atoms with Gasteiger partial charge in [0, 0.05) is 13.1 Å². The first kappa shape index (κ1) is 15.0. The maximum Gasteiger partial charge on any atom is 0.0940 e. The molecule has 1 aliphatic carbocycles. The Bertz CT molecular complexity index is 426. The highest BCUT2D eigenvalue weighted by Gasteiger charge is 2.39. The Morgan fingerprint density at radius 2 is 2.00 bits per heavy atom. The summed E-state index contributed by atoms with van der Waals surface area (Å²) in [4.78, 5) is 0. The zero-order valence-electron chi connectivity index (χ0n) is 13.0. The third kappa shape index (κ3) is 4.06. The predicted molar refractivity (Wildman–Crippen MR) is 84.2 cm³/mol. The third-order valence-electron chi connectivity index (χ3n) is 4.84. The van der Waals surface area contributed by atoms with Gasteiger partial charge in [-0.2, -0.15) is 0 Å². The van der Waals surface area contributed by atoms with Crippen molar-refractivity contribution in [3.8, 4) is 0 Å². The van der Waals surface area contributed by atoms with Crippen LogP contribution in [0.4, 0.5) is 0 Å². The van der Waals surface area contributed by atoms with Crippen molar-refractivity contribution in [1.82, 2.24) is 5.32 Å². The minimum Gasteiger partial charge on any atom is -0.374 e. The second-order valence-electron chi connectivity index (χ2n) is 6.74. The molecule has 0 amide bonds. The Balaban J connectivity index is 1.46. The Labute approximate surface area is 128 Å². The van der Waals surface area contributed by atoms with Crippen LogP contribution in [0.15, 0.2) is 30.3 Å². The molecule has 0 aromatic heterocycles. The molecule has 2 aliphatic rings. The van der Waals surface area contributed by atoms with Crippen molar-refractivity contribution in [2.75, 3.05) is 19.7 Å². The molecule has 21 heavy (non-hydrogen) atoms. The molecule has 1 saturated carbocycles. The number of hydrogen-bond donors (Lipinski definition) is 1. The number of hydrogen-bond acceptors (Lipinski definition) is 3. The lowest BCUT2D eigenvalue weighted by Gasteiger charge is -2.45. The van der Waals surface area contributed by atoms with Gasteiger partial charge >= 0.3 is 0 Å². The van der Waals surface area contributed by atoms with Crippen LogP contribution in [-0.4, -0.2) is 31.4 Å². The van der Waals surface area contributed by atoms with Crippen LogP contribution < -0.4 is 5.32 Å². The van der Waals surface area contributed by atoms with Crippen LogP contribution >= 0.6 is 0 Å². The predicted octanol–water partition coefficient (Wildman–Crippen LogP) is 3.14. The van der Waals surface area contributed by atoms with Gasteiger partial charge in [-0.3, -0.25) is 0 Å². The van der Waals surface area contributed by atoms with Gasteiger partial charge in [0.25, 0.3) is 0 Å². The summed E-state index contributed by atoms with van der Waals surface area (Å²) in [6, 6.07) is 10.3. The van der Waals surface area contributed by atoms with Crippen molar-refractivity contribution in [3.05, 3.63) is 35.9 Å². The van der Waals surface area contributed by atoms with Crippen molar-refractivity contribution >= 4 is 0 Å². The summed E-state index contributed by atoms with van der Waals surface area (Å²) >= 11 is 0. The maximum atomic E-state index is 6.41. The molecule has 1 atom stereocenters. The lowest BCUT2D eigenvalue weighted by atomic mass is 9.78. The molecule has 1 heterocycles. The van der Waals surface area contributed by atoms with Crippen LogP contribution in [0.5, 0.6) is 0 Å². The minimum absolute atomic E-state index is 0.0749. The normalized spacial score (nSPS) is 33.2. The van der Waals surface area contributed by atoms with Gasteiger partial charge in [0.05, 0.1) is 24.9 Å². The summed E-state index contributed by atoms with van der Waals surface area (Å²) in [6.45, 7) is 5.62. The van der Waals surface area contributed by atoms with E-state index < -0.39 is 0 Å². The molecule has 1 N–H and O–H groups in total. The quantitative estimate of drug-likeness (QED) is 0.923. The van der Waals surface area contributed by atoms with E-state index in [0.717, 1.165) is 19.0 Å². The van der Waals surface area contributed by atoms with Gasteiger partial charge in [-0.05, 0) is 37.2 Å². The summed E-state index contributed by atoms with van der Waals surface area (Å²) in [5.41, 5.74) is 1.30. The first-order chi connectivity index (χ1) is 10.3. The average molecular weight is 289 g/mol. The lowest BCUT2D eigenvalue weighted by molar-refractivity contribution is -0.157. The van der Waals surface area contributed by atoms with Gasteiger partial charge in [0.2, 0.25) is 0 Å². The molecule has 1 aromatic rings. The molecule has 1 saturated heterocycles. The molecule has 2 fully saturated rings. The van der Waals surface area contributed by atoms with Crippen molar-refractivity contribution in [2.45, 2.75) is 50.9 Å². The number of ether oxygens (including phenoxy) is 2. The van der Waals surface area contributed by atoms with E-state index in [1.165, 1.54) is 31.2 Å². The van der Waals surface area contributed by atoms with Gasteiger partial charge < -0.3 is 14.8 Å². The van der Waals surface area contributed by atoms with E-state index in [0.29, 0.717) is 13.2 Å². The molecule has 0 bridgehead atoms. The first-order valence-corrected chi connectivity index (χ1v) is 8.26. The third-order valence-corrected chi connectivity index (χ3v) is 4.84. The van der Waals surface area contributed by atoms with E-state index in [1.807, 2.05) is 6.07 Å². The summed E-state index contributed by atoms with van der Waals surface area (Å²) < 4.78 is 12.3. The number of morpholine rings is 1. The van der Waals surface area contributed by atoms with Crippen molar-refractivity contribution in [2.24, 2.45) is 5.92 Å². The molecule has 1 spiro atoms. The van der Waals surface area contributed by atoms with E-state index >= 15 is 0 Å². The van der Waals surface area contributed by atoms with Crippen molar-refractivity contribution in [3.63, 3.8) is 0 Å². The van der Waals surface area contributed by atoms with E-state index in [1.54, 1.807) is 0 Å². The topological polar surface area (TPSA) is 30.5 Å². The van der Waals surface area contributed by atoms with Crippen LogP contribution in [0, 0.1) is 5.92 Å². The monoisotopic (exact) mass is 289 g/mol. The molecule has 3 heteroatoms. The SMILES string of the molecule is CC1CCC2(CC1)CNCC(COCc1ccccc1)O2. The summed E-state index contributed by atoms with van der Waals surface area (Å²) in [6.07, 6.45) is 5.15. The fourth-order valence-corrected chi connectivity index (χ4v) is 3.46. The van der Waals surface area contributed by atoms with Crippen LogP contribution in [0.3, 0.4) is 0 Å². The smallest absolute Gasteiger partial charge is 0.0940 e. The second-order valence-corrected chi connectivity index (χ2v) is 6.74. The summed E-state index contributed by atoms with van der Waals surface area (Å²) in [5.74, 6) is 0.855. The summed E-state index contributed by atoms with van der Waals surface area (Å²) in [7, 11) is 0. The van der Waals surface area contributed by atoms with Gasteiger partial charge in [-0.15, -0.1) is 0 Å². The largest absolute Gasteiger partial charge is 0.374 e. The Hall–Kier alpha value is -0.900. The molecule has 0 radical (unpaired) electrons. The van der Waals surface area contributed by atoms with Crippen LogP contribution in [0.25, 0.3) is 0 Å². The highest BCUT2D eigenvalue weighted by atomic mass is 16.5. The number of rotatable bonds is 4. The molecule has 3 rings (SSSR count). The van der Waals surface area contributed by atoms with Gasteiger partial charge in [0.1, 0.15) is 0 Å². The maximum absolute atomic E-state index is 6.41. The zero-order chi connectivity index (χ0) is 14.5. The molecule has 1 aliphatic heterocycles. The van der Waals surface area contributed by atoms with Crippen molar-refractivity contribution < 1.29 is 9.47 Å². The first-order valence-electron chi connectivity index (χ1n) is 8.26. The van der Waals surface area contributed by atoms with Gasteiger partial charge in [0.15, 0.2) is 0 Å². The standard InChI is InChI=1S/C18H27NO2/c1-15-7-9-18(10-8-15)14-19-11-17(21-18)13-20-12-16-5-3-2-4-6-16/h2-6,15,17,19H,7-14H2,1H3. The molecule has 3 nitrogen and oxygen atoms in total. The van der Waals surface area contributed by atoms with E-state index in [9.17, 15) is 0 Å². The number of nitrogens with one attached hydrogen (secondary N) is 1. The lowest BCUT2D eigenvalue weighted by Crippen LogP contribution is -2.56. The molecule has 1 aromatic carbocycles. The molecule has 116 valence electrons. The highest BCUT2D eigenvalue weighted by Crippen LogP contribution is 2.36. The van der Waals surface area contributed by atoms with E-state index in [-0.39, 0.29) is 11.7 Å². The zero-order valence-corrected chi connectivity index (χ0v) is 13.0. The second kappa shape index (κ2) is 6.91. The number of benzene rings is 1. The average Bonchev–Trinajstić information content (AvgIpc) is 2.52. The molecule has 1 unspecified atom stereocenters. The van der Waals surface area contributed by atoms with Gasteiger partial charge in [-0.25, -0.2) is 0 Å². The minimum atomic E-state index is 0.0749. The van der Waals surface area contributed by atoms with Crippen LogP contribution in [0.2, 0.25) is 0 Å². The molecular formula is C18H27NO2. The highest BCUT2D eigenvalue weighted by molar-refractivity contribution is 5.13. The van der Waals surface area contributed by atoms with Gasteiger partial charge in [-0.1, -0.05) is 37.3 Å². The Kier molecular flexibility index (Phi) is 4.94. The molecular weight excluding hydrogens is 262 g/mol. The fraction of sp³-hybridized carbons (Fsp3) is 0.667. The van der Waals surface area contributed by atoms with Crippen LogP contribution in [-0.2, 0) is 16.1 Å².